The molecule has 17 heavy (non-hydrogen) atoms. The minimum Gasteiger partial charge on any atom is -0.476 e. The predicted octanol–water partition coefficient (Wildman–Crippen LogP) is -0.316. The van der Waals surface area contributed by atoms with Crippen LogP contribution in [0.2, 0.25) is 0 Å². The molecule has 0 unspecified atom stereocenters. The Labute approximate surface area is 98.0 Å². The maximum atomic E-state index is 11.2. The summed E-state index contributed by atoms with van der Waals surface area (Å²) in [5.41, 5.74) is -0.114. The van der Waals surface area contributed by atoms with Crippen molar-refractivity contribution in [3.63, 3.8) is 0 Å². The highest BCUT2D eigenvalue weighted by Gasteiger charge is 2.08. The molecule has 0 saturated heterocycles. The summed E-state index contributed by atoms with van der Waals surface area (Å²) in [6.45, 7) is 4.43. The van der Waals surface area contributed by atoms with Crippen LogP contribution in [0.5, 0.6) is 0 Å². The summed E-state index contributed by atoms with van der Waals surface area (Å²) in [6.07, 6.45) is 1.31. The molecule has 94 valence electrons. The summed E-state index contributed by atoms with van der Waals surface area (Å²) in [4.78, 5) is 21.7. The highest BCUT2D eigenvalue weighted by molar-refractivity contribution is 5.84. The fourth-order valence-corrected chi connectivity index (χ4v) is 1.10. The van der Waals surface area contributed by atoms with Crippen LogP contribution in [-0.4, -0.2) is 44.7 Å². The van der Waals surface area contributed by atoms with Gasteiger partial charge in [-0.15, -0.1) is 5.10 Å². The molecule has 2 amide bonds. The molecular formula is C9H15N5O3. The lowest BCUT2D eigenvalue weighted by molar-refractivity contribution is 0.0690. The Hall–Kier alpha value is -2.12. The minimum atomic E-state index is -1.12. The molecule has 0 bridgehead atoms. The second-order valence-corrected chi connectivity index (χ2v) is 3.73. The van der Waals surface area contributed by atoms with Gasteiger partial charge in [-0.2, -0.15) is 0 Å². The quantitative estimate of drug-likeness (QED) is 0.654. The van der Waals surface area contributed by atoms with Gasteiger partial charge in [-0.3, -0.25) is 0 Å². The molecule has 1 heterocycles. The fourth-order valence-electron chi connectivity index (χ4n) is 1.10. The van der Waals surface area contributed by atoms with E-state index < -0.39 is 5.97 Å². The molecule has 0 aliphatic carbocycles. The van der Waals surface area contributed by atoms with Crippen molar-refractivity contribution in [2.24, 2.45) is 0 Å². The number of carbonyl (C=O) groups is 2. The zero-order chi connectivity index (χ0) is 12.8. The number of rotatable bonds is 5. The van der Waals surface area contributed by atoms with Crippen LogP contribution in [-0.2, 0) is 6.54 Å². The summed E-state index contributed by atoms with van der Waals surface area (Å²) >= 11 is 0. The van der Waals surface area contributed by atoms with E-state index in [1.165, 1.54) is 10.9 Å². The number of carboxylic acids is 1. The standard InChI is InChI=1S/C9H15N5O3/c1-6(2)11-9(17)10-3-4-14-5-7(8(15)16)12-13-14/h5-6H,3-4H2,1-2H3,(H,15,16)(H2,10,11,17). The number of hydrogen-bond acceptors (Lipinski definition) is 4. The molecule has 1 aromatic rings. The van der Waals surface area contributed by atoms with Gasteiger partial charge >= 0.3 is 12.0 Å². The molecule has 0 radical (unpaired) electrons. The minimum absolute atomic E-state index is 0.0694. The number of carboxylic acid groups (broad SMARTS) is 1. The second-order valence-electron chi connectivity index (χ2n) is 3.73. The molecule has 0 atom stereocenters. The van der Waals surface area contributed by atoms with E-state index in [9.17, 15) is 9.59 Å². The van der Waals surface area contributed by atoms with E-state index in [1.807, 2.05) is 13.8 Å². The monoisotopic (exact) mass is 241 g/mol. The predicted molar refractivity (Wildman–Crippen MR) is 58.7 cm³/mol. The highest BCUT2D eigenvalue weighted by Crippen LogP contribution is 1.91. The van der Waals surface area contributed by atoms with Gasteiger partial charge in [0.05, 0.1) is 12.7 Å². The zero-order valence-electron chi connectivity index (χ0n) is 9.67. The third kappa shape index (κ3) is 4.49. The van der Waals surface area contributed by atoms with Crippen molar-refractivity contribution in [2.75, 3.05) is 6.54 Å². The van der Waals surface area contributed by atoms with Crippen molar-refractivity contribution in [3.05, 3.63) is 11.9 Å². The van der Waals surface area contributed by atoms with E-state index in [4.69, 9.17) is 5.11 Å². The number of nitrogens with zero attached hydrogens (tertiary/aromatic N) is 3. The average molecular weight is 241 g/mol. The number of carbonyl (C=O) groups excluding carboxylic acids is 1. The zero-order valence-corrected chi connectivity index (χ0v) is 9.67. The Morgan fingerprint density at radius 3 is 2.76 bits per heavy atom. The van der Waals surface area contributed by atoms with Crippen LogP contribution in [0.15, 0.2) is 6.20 Å². The van der Waals surface area contributed by atoms with Gasteiger partial charge < -0.3 is 15.7 Å². The van der Waals surface area contributed by atoms with Crippen LogP contribution in [0.25, 0.3) is 0 Å². The van der Waals surface area contributed by atoms with E-state index in [2.05, 4.69) is 20.9 Å². The number of aromatic carboxylic acids is 1. The van der Waals surface area contributed by atoms with Gasteiger partial charge in [0.2, 0.25) is 0 Å². The van der Waals surface area contributed by atoms with Gasteiger partial charge in [0.15, 0.2) is 5.69 Å². The van der Waals surface area contributed by atoms with Gasteiger partial charge in [0, 0.05) is 12.6 Å². The van der Waals surface area contributed by atoms with Crippen molar-refractivity contribution < 1.29 is 14.7 Å². The van der Waals surface area contributed by atoms with E-state index >= 15 is 0 Å². The van der Waals surface area contributed by atoms with Gasteiger partial charge in [-0.05, 0) is 13.8 Å². The summed E-state index contributed by atoms with van der Waals surface area (Å²) in [5, 5.41) is 20.9. The Bertz CT molecular complexity index is 401. The number of aromatic nitrogens is 3. The summed E-state index contributed by atoms with van der Waals surface area (Å²) < 4.78 is 1.36. The molecule has 0 fully saturated rings. The second kappa shape index (κ2) is 5.83. The number of urea groups is 1. The lowest BCUT2D eigenvalue weighted by Crippen LogP contribution is -2.40. The summed E-state index contributed by atoms with van der Waals surface area (Å²) in [5.74, 6) is -1.12. The van der Waals surface area contributed by atoms with Crippen LogP contribution >= 0.6 is 0 Å². The van der Waals surface area contributed by atoms with E-state index in [0.717, 1.165) is 0 Å². The maximum absolute atomic E-state index is 11.2. The molecule has 0 aliphatic heterocycles. The molecule has 3 N–H and O–H groups in total. The van der Waals surface area contributed by atoms with Crippen molar-refractivity contribution in [1.29, 1.82) is 0 Å². The molecule has 0 aliphatic rings. The van der Waals surface area contributed by atoms with Crippen molar-refractivity contribution in [3.8, 4) is 0 Å². The van der Waals surface area contributed by atoms with Crippen molar-refractivity contribution in [2.45, 2.75) is 26.4 Å². The maximum Gasteiger partial charge on any atom is 0.358 e. The van der Waals surface area contributed by atoms with Crippen LogP contribution in [0.3, 0.4) is 0 Å². The van der Waals surface area contributed by atoms with E-state index in [0.29, 0.717) is 13.1 Å². The van der Waals surface area contributed by atoms with Crippen molar-refractivity contribution in [1.82, 2.24) is 25.6 Å². The molecule has 0 aromatic carbocycles. The molecule has 0 saturated carbocycles. The molecular weight excluding hydrogens is 226 g/mol. The smallest absolute Gasteiger partial charge is 0.358 e. The van der Waals surface area contributed by atoms with Gasteiger partial charge in [-0.25, -0.2) is 14.3 Å². The topological polar surface area (TPSA) is 109 Å². The normalized spacial score (nSPS) is 10.3. The third-order valence-electron chi connectivity index (χ3n) is 1.80. The van der Waals surface area contributed by atoms with Gasteiger partial charge in [-0.1, -0.05) is 5.21 Å². The van der Waals surface area contributed by atoms with Gasteiger partial charge in [0.25, 0.3) is 0 Å². The van der Waals surface area contributed by atoms with E-state index in [-0.39, 0.29) is 17.8 Å². The van der Waals surface area contributed by atoms with E-state index in [1.54, 1.807) is 0 Å². The Kier molecular flexibility index (Phi) is 4.44. The lowest BCUT2D eigenvalue weighted by Gasteiger charge is -2.09. The average Bonchev–Trinajstić information content (AvgIpc) is 2.65. The first-order valence-electron chi connectivity index (χ1n) is 5.17. The first-order chi connectivity index (χ1) is 7.99. The Morgan fingerprint density at radius 2 is 2.24 bits per heavy atom. The van der Waals surface area contributed by atoms with Crippen molar-refractivity contribution >= 4 is 12.0 Å². The highest BCUT2D eigenvalue weighted by atomic mass is 16.4. The largest absolute Gasteiger partial charge is 0.476 e. The third-order valence-corrected chi connectivity index (χ3v) is 1.80. The number of amides is 2. The number of hydrogen-bond donors (Lipinski definition) is 3. The molecule has 1 aromatic heterocycles. The Morgan fingerprint density at radius 1 is 1.53 bits per heavy atom. The number of nitrogens with one attached hydrogen (secondary N) is 2. The van der Waals surface area contributed by atoms with Gasteiger partial charge in [0.1, 0.15) is 0 Å². The first-order valence-corrected chi connectivity index (χ1v) is 5.17. The molecule has 0 spiro atoms. The first kappa shape index (κ1) is 12.9. The summed E-state index contributed by atoms with van der Waals surface area (Å²) in [6, 6.07) is -0.196. The van der Waals surface area contributed by atoms with Crippen LogP contribution in [0.1, 0.15) is 24.3 Å². The fraction of sp³-hybridized carbons (Fsp3) is 0.556. The van der Waals surface area contributed by atoms with Crippen LogP contribution < -0.4 is 10.6 Å². The molecule has 8 heteroatoms. The summed E-state index contributed by atoms with van der Waals surface area (Å²) in [7, 11) is 0. The molecule has 1 rings (SSSR count). The SMILES string of the molecule is CC(C)NC(=O)NCCn1cc(C(=O)O)nn1. The molecule has 8 nitrogen and oxygen atoms in total. The van der Waals surface area contributed by atoms with Crippen LogP contribution in [0, 0.1) is 0 Å². The lowest BCUT2D eigenvalue weighted by atomic mass is 10.4. The Balaban J connectivity index is 2.31. The van der Waals surface area contributed by atoms with Crippen LogP contribution in [0.4, 0.5) is 4.79 Å².